The van der Waals surface area contributed by atoms with Gasteiger partial charge in [0, 0.05) is 24.0 Å². The summed E-state index contributed by atoms with van der Waals surface area (Å²) >= 11 is 0. The zero-order valence-electron chi connectivity index (χ0n) is 15.5. The third kappa shape index (κ3) is 2.79. The number of hydrogen-bond donors (Lipinski definition) is 0. The summed E-state index contributed by atoms with van der Waals surface area (Å²) in [4.78, 5) is 9.45. The second-order valence-corrected chi connectivity index (χ2v) is 7.00. The van der Waals surface area contributed by atoms with Gasteiger partial charge in [-0.3, -0.25) is 4.98 Å². The highest BCUT2D eigenvalue weighted by molar-refractivity contribution is 5.70. The van der Waals surface area contributed by atoms with Crippen LogP contribution in [-0.2, 0) is 0 Å². The van der Waals surface area contributed by atoms with Crippen molar-refractivity contribution in [2.24, 2.45) is 0 Å². The molecule has 126 valence electrons. The van der Waals surface area contributed by atoms with Crippen LogP contribution in [0.2, 0.25) is 0 Å². The summed E-state index contributed by atoms with van der Waals surface area (Å²) < 4.78 is 0. The smallest absolute Gasteiger partial charge is 0.103 e. The Kier molecular flexibility index (Phi) is 4.35. The van der Waals surface area contributed by atoms with Crippen molar-refractivity contribution in [2.75, 3.05) is 4.90 Å². The molecule has 0 saturated heterocycles. The van der Waals surface area contributed by atoms with Crippen LogP contribution in [0, 0.1) is 20.8 Å². The molecule has 1 atom stereocenters. The molecule has 0 spiro atoms. The summed E-state index contributed by atoms with van der Waals surface area (Å²) in [7, 11) is 0. The van der Waals surface area contributed by atoms with Gasteiger partial charge >= 0.3 is 0 Å². The summed E-state index contributed by atoms with van der Waals surface area (Å²) in [6, 6.07) is 9.11. The molecule has 3 heteroatoms. The largest absolute Gasteiger partial charge is 0.353 e. The van der Waals surface area contributed by atoms with Crippen LogP contribution in [0.4, 0.5) is 5.69 Å². The number of aromatic nitrogens is 1. The molecule has 0 unspecified atom stereocenters. The van der Waals surface area contributed by atoms with E-state index in [1.807, 2.05) is 6.20 Å². The molecule has 0 bridgehead atoms. The average molecular weight is 321 g/mol. The second-order valence-electron chi connectivity index (χ2n) is 7.00. The number of nitrogens with zero attached hydrogens (tertiary/aromatic N) is 3. The Morgan fingerprint density at radius 3 is 2.21 bits per heavy atom. The Balaban J connectivity index is 1.96. The lowest BCUT2D eigenvalue weighted by molar-refractivity contribution is 0.263. The van der Waals surface area contributed by atoms with E-state index in [1.54, 1.807) is 0 Å². The monoisotopic (exact) mass is 321 g/mol. The molecule has 0 saturated carbocycles. The number of rotatable bonds is 3. The minimum atomic E-state index is 0.316. The maximum Gasteiger partial charge on any atom is 0.103 e. The lowest BCUT2D eigenvalue weighted by Crippen LogP contribution is -2.39. The van der Waals surface area contributed by atoms with Crippen molar-refractivity contribution >= 4 is 5.69 Å². The lowest BCUT2D eigenvalue weighted by Gasteiger charge is -2.33. The van der Waals surface area contributed by atoms with Crippen LogP contribution >= 0.6 is 0 Å². The Bertz CT molecular complexity index is 756. The quantitative estimate of drug-likeness (QED) is 0.791. The van der Waals surface area contributed by atoms with E-state index in [2.05, 4.69) is 88.0 Å². The molecule has 2 aromatic rings. The van der Waals surface area contributed by atoms with E-state index in [0.717, 1.165) is 5.69 Å². The molecule has 0 radical (unpaired) electrons. The van der Waals surface area contributed by atoms with Crippen LogP contribution < -0.4 is 4.90 Å². The van der Waals surface area contributed by atoms with E-state index in [9.17, 15) is 0 Å². The normalized spacial score (nSPS) is 17.2. The van der Waals surface area contributed by atoms with Crippen molar-refractivity contribution in [3.63, 3.8) is 0 Å². The SMILES string of the molecule is Cc1cc(-c2c(C)cccc2C)ncc1N1C=CN(C(C)C)[C@H]1C. The Hall–Kier alpha value is -2.29. The molecule has 1 aromatic heterocycles. The third-order valence-corrected chi connectivity index (χ3v) is 4.93. The Morgan fingerprint density at radius 2 is 1.67 bits per heavy atom. The first-order chi connectivity index (χ1) is 11.4. The first-order valence-corrected chi connectivity index (χ1v) is 8.67. The molecule has 0 N–H and O–H groups in total. The van der Waals surface area contributed by atoms with Gasteiger partial charge in [-0.2, -0.15) is 0 Å². The van der Waals surface area contributed by atoms with E-state index in [0.29, 0.717) is 12.2 Å². The van der Waals surface area contributed by atoms with Crippen LogP contribution in [0.1, 0.15) is 37.5 Å². The molecular weight excluding hydrogens is 294 g/mol. The highest BCUT2D eigenvalue weighted by Gasteiger charge is 2.26. The molecular formula is C21H27N3. The van der Waals surface area contributed by atoms with Crippen LogP contribution in [0.3, 0.4) is 0 Å². The van der Waals surface area contributed by atoms with Crippen molar-refractivity contribution in [2.45, 2.75) is 53.8 Å². The zero-order valence-corrected chi connectivity index (χ0v) is 15.5. The van der Waals surface area contributed by atoms with E-state index < -0.39 is 0 Å². The minimum absolute atomic E-state index is 0.316. The Morgan fingerprint density at radius 1 is 1.00 bits per heavy atom. The van der Waals surface area contributed by atoms with Gasteiger partial charge < -0.3 is 9.80 Å². The molecule has 0 aliphatic carbocycles. The van der Waals surface area contributed by atoms with Gasteiger partial charge in [0.1, 0.15) is 6.17 Å². The van der Waals surface area contributed by atoms with Gasteiger partial charge in [-0.1, -0.05) is 18.2 Å². The average Bonchev–Trinajstić information content (AvgIpc) is 2.89. The van der Waals surface area contributed by atoms with Gasteiger partial charge in [0.2, 0.25) is 0 Å². The molecule has 1 aromatic carbocycles. The summed E-state index contributed by atoms with van der Waals surface area (Å²) in [6.45, 7) is 13.2. The fourth-order valence-corrected chi connectivity index (χ4v) is 3.60. The topological polar surface area (TPSA) is 19.4 Å². The number of anilines is 1. The first-order valence-electron chi connectivity index (χ1n) is 8.67. The molecule has 3 nitrogen and oxygen atoms in total. The van der Waals surface area contributed by atoms with Crippen molar-refractivity contribution in [3.05, 3.63) is 59.6 Å². The summed E-state index contributed by atoms with van der Waals surface area (Å²) in [5.41, 5.74) is 7.29. The van der Waals surface area contributed by atoms with Gasteiger partial charge in [-0.05, 0) is 64.3 Å². The third-order valence-electron chi connectivity index (χ3n) is 4.93. The highest BCUT2D eigenvalue weighted by Crippen LogP contribution is 2.32. The van der Waals surface area contributed by atoms with Gasteiger partial charge in [-0.25, -0.2) is 0 Å². The van der Waals surface area contributed by atoms with Crippen molar-refractivity contribution in [1.82, 2.24) is 9.88 Å². The van der Waals surface area contributed by atoms with E-state index >= 15 is 0 Å². The lowest BCUT2D eigenvalue weighted by atomic mass is 9.98. The fraction of sp³-hybridized carbons (Fsp3) is 0.381. The van der Waals surface area contributed by atoms with Crippen LogP contribution in [0.15, 0.2) is 42.9 Å². The number of aryl methyl sites for hydroxylation is 3. The second kappa shape index (κ2) is 6.31. The standard InChI is InChI=1S/C21H27N3/c1-14(2)23-10-11-24(18(23)6)20-13-22-19(12-17(20)5)21-15(3)8-7-9-16(21)4/h7-14,18H,1-6H3/t18-/m1/s1. The molecule has 1 aliphatic heterocycles. The number of pyridine rings is 1. The molecule has 0 amide bonds. The minimum Gasteiger partial charge on any atom is -0.353 e. The maximum atomic E-state index is 4.79. The molecule has 24 heavy (non-hydrogen) atoms. The van der Waals surface area contributed by atoms with Gasteiger partial charge in [-0.15, -0.1) is 0 Å². The number of hydrogen-bond acceptors (Lipinski definition) is 3. The van der Waals surface area contributed by atoms with Gasteiger partial charge in [0.25, 0.3) is 0 Å². The fourth-order valence-electron chi connectivity index (χ4n) is 3.60. The van der Waals surface area contributed by atoms with Gasteiger partial charge in [0.05, 0.1) is 17.6 Å². The van der Waals surface area contributed by atoms with E-state index in [4.69, 9.17) is 4.98 Å². The molecule has 0 fully saturated rings. The molecule has 2 heterocycles. The first kappa shape index (κ1) is 16.6. The highest BCUT2D eigenvalue weighted by atomic mass is 15.4. The Labute approximate surface area is 145 Å². The molecule has 3 rings (SSSR count). The summed E-state index contributed by atoms with van der Waals surface area (Å²) in [6.07, 6.45) is 6.67. The van der Waals surface area contributed by atoms with Crippen molar-refractivity contribution in [1.29, 1.82) is 0 Å². The van der Waals surface area contributed by atoms with E-state index in [-0.39, 0.29) is 0 Å². The zero-order chi connectivity index (χ0) is 17.4. The van der Waals surface area contributed by atoms with Crippen LogP contribution in [0.25, 0.3) is 11.3 Å². The van der Waals surface area contributed by atoms with Crippen molar-refractivity contribution in [3.8, 4) is 11.3 Å². The predicted molar refractivity (Wildman–Crippen MR) is 102 cm³/mol. The van der Waals surface area contributed by atoms with Crippen molar-refractivity contribution < 1.29 is 0 Å². The predicted octanol–water partition coefficient (Wildman–Crippen LogP) is 5.02. The maximum absolute atomic E-state index is 4.79. The number of benzene rings is 1. The van der Waals surface area contributed by atoms with Gasteiger partial charge in [0.15, 0.2) is 0 Å². The van der Waals surface area contributed by atoms with Crippen LogP contribution in [0.5, 0.6) is 0 Å². The summed E-state index contributed by atoms with van der Waals surface area (Å²) in [5.74, 6) is 0. The summed E-state index contributed by atoms with van der Waals surface area (Å²) in [5, 5.41) is 0. The van der Waals surface area contributed by atoms with Crippen LogP contribution in [-0.4, -0.2) is 22.1 Å². The van der Waals surface area contributed by atoms with E-state index in [1.165, 1.54) is 27.9 Å². The molecule has 1 aliphatic rings.